The number of nitrogens with zero attached hydrogens (tertiary/aromatic N) is 3. The SMILES string of the molecule is CN1CCN(c2ccccc2CNC(=O)CCCc2ncc(-c3ccccc3)o2)CC1. The largest absolute Gasteiger partial charge is 0.441 e. The summed E-state index contributed by atoms with van der Waals surface area (Å²) in [6.07, 6.45) is 3.57. The van der Waals surface area contributed by atoms with Crippen molar-refractivity contribution in [1.29, 1.82) is 0 Å². The van der Waals surface area contributed by atoms with Crippen LogP contribution in [0, 0.1) is 0 Å². The molecule has 1 fully saturated rings. The van der Waals surface area contributed by atoms with Gasteiger partial charge in [0.25, 0.3) is 0 Å². The van der Waals surface area contributed by atoms with Crippen molar-refractivity contribution in [3.05, 3.63) is 72.2 Å². The lowest BCUT2D eigenvalue weighted by Crippen LogP contribution is -2.45. The van der Waals surface area contributed by atoms with E-state index in [4.69, 9.17) is 4.42 Å². The molecule has 1 aliphatic heterocycles. The quantitative estimate of drug-likeness (QED) is 0.604. The Morgan fingerprint density at radius 1 is 1.03 bits per heavy atom. The summed E-state index contributed by atoms with van der Waals surface area (Å²) in [4.78, 5) is 21.5. The molecule has 1 N–H and O–H groups in total. The first-order chi connectivity index (χ1) is 15.2. The van der Waals surface area contributed by atoms with Crippen molar-refractivity contribution in [2.24, 2.45) is 0 Å². The first-order valence-corrected chi connectivity index (χ1v) is 11.0. The predicted octanol–water partition coefficient (Wildman–Crippen LogP) is 3.73. The van der Waals surface area contributed by atoms with Gasteiger partial charge in [-0.3, -0.25) is 4.79 Å². The van der Waals surface area contributed by atoms with E-state index in [1.165, 1.54) is 11.3 Å². The second-order valence-corrected chi connectivity index (χ2v) is 8.03. The van der Waals surface area contributed by atoms with Gasteiger partial charge >= 0.3 is 0 Å². The zero-order chi connectivity index (χ0) is 21.5. The van der Waals surface area contributed by atoms with Crippen LogP contribution < -0.4 is 10.2 Å². The standard InChI is InChI=1S/C25H30N4O2/c1-28-14-16-29(17-15-28)22-11-6-5-10-21(22)18-26-24(30)12-7-13-25-27-19-23(31-25)20-8-3-2-4-9-20/h2-6,8-11,19H,7,12-18H2,1H3,(H,26,30). The number of carbonyl (C=O) groups excluding carboxylic acids is 1. The molecule has 1 aliphatic rings. The molecule has 0 radical (unpaired) electrons. The van der Waals surface area contributed by atoms with Gasteiger partial charge in [0, 0.05) is 56.8 Å². The van der Waals surface area contributed by atoms with Gasteiger partial charge in [0.15, 0.2) is 11.7 Å². The van der Waals surface area contributed by atoms with Crippen LogP contribution in [0.15, 0.2) is 65.2 Å². The minimum Gasteiger partial charge on any atom is -0.441 e. The third kappa shape index (κ3) is 5.73. The first kappa shape index (κ1) is 21.1. The van der Waals surface area contributed by atoms with Crippen LogP contribution in [0.5, 0.6) is 0 Å². The maximum Gasteiger partial charge on any atom is 0.220 e. The van der Waals surface area contributed by atoms with Crippen LogP contribution in [0.3, 0.4) is 0 Å². The molecule has 2 aromatic carbocycles. The van der Waals surface area contributed by atoms with Crippen LogP contribution in [-0.2, 0) is 17.8 Å². The maximum atomic E-state index is 12.4. The summed E-state index contributed by atoms with van der Waals surface area (Å²) in [6.45, 7) is 4.71. The summed E-state index contributed by atoms with van der Waals surface area (Å²) >= 11 is 0. The smallest absolute Gasteiger partial charge is 0.220 e. The third-order valence-electron chi connectivity index (χ3n) is 5.72. The van der Waals surface area contributed by atoms with E-state index >= 15 is 0 Å². The number of likely N-dealkylation sites (N-methyl/N-ethyl adjacent to an activating group) is 1. The highest BCUT2D eigenvalue weighted by Gasteiger charge is 2.17. The Morgan fingerprint density at radius 3 is 2.58 bits per heavy atom. The third-order valence-corrected chi connectivity index (χ3v) is 5.72. The Bertz CT molecular complexity index is 978. The number of hydrogen-bond donors (Lipinski definition) is 1. The van der Waals surface area contributed by atoms with Crippen LogP contribution in [0.1, 0.15) is 24.3 Å². The summed E-state index contributed by atoms with van der Waals surface area (Å²) < 4.78 is 5.82. The molecule has 1 amide bonds. The van der Waals surface area contributed by atoms with E-state index in [1.54, 1.807) is 6.20 Å². The summed E-state index contributed by atoms with van der Waals surface area (Å²) in [7, 11) is 2.16. The summed E-state index contributed by atoms with van der Waals surface area (Å²) in [5.41, 5.74) is 3.41. The van der Waals surface area contributed by atoms with E-state index in [-0.39, 0.29) is 5.91 Å². The molecule has 1 saturated heterocycles. The summed E-state index contributed by atoms with van der Waals surface area (Å²) in [5.74, 6) is 1.50. The van der Waals surface area contributed by atoms with Gasteiger partial charge in [-0.25, -0.2) is 4.98 Å². The fraction of sp³-hybridized carbons (Fsp3) is 0.360. The van der Waals surface area contributed by atoms with Crippen molar-refractivity contribution in [3.8, 4) is 11.3 Å². The molecule has 2 heterocycles. The van der Waals surface area contributed by atoms with E-state index < -0.39 is 0 Å². The van der Waals surface area contributed by atoms with E-state index in [0.717, 1.165) is 37.5 Å². The zero-order valence-corrected chi connectivity index (χ0v) is 18.1. The number of nitrogens with one attached hydrogen (secondary N) is 1. The monoisotopic (exact) mass is 418 g/mol. The number of carbonyl (C=O) groups is 1. The topological polar surface area (TPSA) is 61.6 Å². The van der Waals surface area contributed by atoms with Crippen molar-refractivity contribution < 1.29 is 9.21 Å². The minimum absolute atomic E-state index is 0.0584. The lowest BCUT2D eigenvalue weighted by molar-refractivity contribution is -0.121. The van der Waals surface area contributed by atoms with Gasteiger partial charge in [0.2, 0.25) is 5.91 Å². The van der Waals surface area contributed by atoms with E-state index in [2.05, 4.69) is 45.3 Å². The molecular formula is C25H30N4O2. The second kappa shape index (κ2) is 10.3. The van der Waals surface area contributed by atoms with Crippen molar-refractivity contribution >= 4 is 11.6 Å². The number of anilines is 1. The Kier molecular flexibility index (Phi) is 6.99. The Balaban J connectivity index is 1.24. The first-order valence-electron chi connectivity index (χ1n) is 11.0. The number of aryl methyl sites for hydroxylation is 1. The highest BCUT2D eigenvalue weighted by Crippen LogP contribution is 2.22. The zero-order valence-electron chi connectivity index (χ0n) is 18.1. The molecule has 0 bridgehead atoms. The molecule has 0 saturated carbocycles. The number of benzene rings is 2. The fourth-order valence-electron chi connectivity index (χ4n) is 3.86. The number of rotatable bonds is 8. The second-order valence-electron chi connectivity index (χ2n) is 8.03. The Labute approximate surface area is 183 Å². The van der Waals surface area contributed by atoms with E-state index in [1.807, 2.05) is 36.4 Å². The van der Waals surface area contributed by atoms with Crippen molar-refractivity contribution in [2.75, 3.05) is 38.1 Å². The maximum absolute atomic E-state index is 12.4. The van der Waals surface area contributed by atoms with Crippen LogP contribution in [0.25, 0.3) is 11.3 Å². The average Bonchev–Trinajstić information content (AvgIpc) is 3.28. The van der Waals surface area contributed by atoms with Gasteiger partial charge in [-0.1, -0.05) is 48.5 Å². The van der Waals surface area contributed by atoms with E-state index in [0.29, 0.717) is 31.7 Å². The lowest BCUT2D eigenvalue weighted by Gasteiger charge is -2.35. The molecule has 4 rings (SSSR count). The van der Waals surface area contributed by atoms with Gasteiger partial charge in [0.1, 0.15) is 0 Å². The molecule has 0 aliphatic carbocycles. The Morgan fingerprint density at radius 2 is 1.77 bits per heavy atom. The highest BCUT2D eigenvalue weighted by atomic mass is 16.4. The number of hydrogen-bond acceptors (Lipinski definition) is 5. The molecule has 31 heavy (non-hydrogen) atoms. The highest BCUT2D eigenvalue weighted by molar-refractivity contribution is 5.76. The number of piperazine rings is 1. The average molecular weight is 419 g/mol. The van der Waals surface area contributed by atoms with Gasteiger partial charge < -0.3 is 19.5 Å². The Hall–Kier alpha value is -3.12. The van der Waals surface area contributed by atoms with Crippen LogP contribution in [-0.4, -0.2) is 49.0 Å². The van der Waals surface area contributed by atoms with Gasteiger partial charge in [-0.15, -0.1) is 0 Å². The number of para-hydroxylation sites is 1. The van der Waals surface area contributed by atoms with Crippen LogP contribution in [0.4, 0.5) is 5.69 Å². The molecule has 0 atom stereocenters. The van der Waals surface area contributed by atoms with Crippen LogP contribution in [0.2, 0.25) is 0 Å². The number of amides is 1. The van der Waals surface area contributed by atoms with E-state index in [9.17, 15) is 4.79 Å². The number of aromatic nitrogens is 1. The molecular weight excluding hydrogens is 388 g/mol. The lowest BCUT2D eigenvalue weighted by atomic mass is 10.1. The van der Waals surface area contributed by atoms with Gasteiger partial charge in [-0.2, -0.15) is 0 Å². The van der Waals surface area contributed by atoms with Gasteiger partial charge in [0.05, 0.1) is 6.20 Å². The molecule has 0 unspecified atom stereocenters. The molecule has 0 spiro atoms. The molecule has 6 nitrogen and oxygen atoms in total. The number of oxazole rings is 1. The normalized spacial score (nSPS) is 14.5. The molecule has 6 heteroatoms. The van der Waals surface area contributed by atoms with Crippen molar-refractivity contribution in [2.45, 2.75) is 25.8 Å². The summed E-state index contributed by atoms with van der Waals surface area (Å²) in [5, 5.41) is 3.08. The molecule has 162 valence electrons. The predicted molar refractivity (Wildman–Crippen MR) is 123 cm³/mol. The van der Waals surface area contributed by atoms with Gasteiger partial charge in [-0.05, 0) is 25.1 Å². The minimum atomic E-state index is 0.0584. The van der Waals surface area contributed by atoms with Crippen molar-refractivity contribution in [3.63, 3.8) is 0 Å². The van der Waals surface area contributed by atoms with Crippen LogP contribution >= 0.6 is 0 Å². The summed E-state index contributed by atoms with van der Waals surface area (Å²) in [6, 6.07) is 18.3. The fourth-order valence-corrected chi connectivity index (χ4v) is 3.86. The molecule has 1 aromatic heterocycles. The molecule has 3 aromatic rings. The van der Waals surface area contributed by atoms with Crippen molar-refractivity contribution in [1.82, 2.24) is 15.2 Å².